The summed E-state index contributed by atoms with van der Waals surface area (Å²) in [6.45, 7) is 4.27. The highest BCUT2D eigenvalue weighted by Crippen LogP contribution is 2.43. The van der Waals surface area contributed by atoms with E-state index in [2.05, 4.69) is 195 Å². The Bertz CT molecular complexity index is 2140. The van der Waals surface area contributed by atoms with Gasteiger partial charge in [0, 0.05) is 17.1 Å². The summed E-state index contributed by atoms with van der Waals surface area (Å²) in [5, 5.41) is 7.53. The third kappa shape index (κ3) is 5.53. The van der Waals surface area contributed by atoms with Crippen molar-refractivity contribution in [3.63, 3.8) is 0 Å². The molecule has 0 saturated carbocycles. The molecule has 1 nitrogen and oxygen atoms in total. The van der Waals surface area contributed by atoms with Crippen molar-refractivity contribution in [3.05, 3.63) is 182 Å². The van der Waals surface area contributed by atoms with E-state index in [1.54, 1.807) is 0 Å². The van der Waals surface area contributed by atoms with Gasteiger partial charge in [-0.05, 0) is 110 Å². The molecule has 0 amide bonds. The number of benzene rings is 7. The molecule has 1 heteroatoms. The van der Waals surface area contributed by atoms with E-state index in [1.807, 2.05) is 0 Å². The number of hydrogen-bond acceptors (Lipinski definition) is 1. The average molecular weight is 592 g/mol. The topological polar surface area (TPSA) is 3.24 Å². The highest BCUT2D eigenvalue weighted by molar-refractivity contribution is 6.19. The maximum Gasteiger partial charge on any atom is 0.0468 e. The monoisotopic (exact) mass is 591 g/mol. The first-order chi connectivity index (χ1) is 22.8. The van der Waals surface area contributed by atoms with E-state index in [1.165, 1.54) is 54.6 Å². The summed E-state index contributed by atoms with van der Waals surface area (Å²) in [7, 11) is 0. The lowest BCUT2D eigenvalue weighted by molar-refractivity contribution is 1.23. The van der Waals surface area contributed by atoms with Gasteiger partial charge in [-0.2, -0.15) is 0 Å². The molecule has 0 aliphatic heterocycles. The third-order valence-electron chi connectivity index (χ3n) is 8.62. The van der Waals surface area contributed by atoms with Crippen LogP contribution in [0.5, 0.6) is 0 Å². The van der Waals surface area contributed by atoms with Crippen LogP contribution < -0.4 is 4.90 Å². The van der Waals surface area contributed by atoms with E-state index >= 15 is 0 Å². The second-order valence-electron chi connectivity index (χ2n) is 11.5. The summed E-state index contributed by atoms with van der Waals surface area (Å²) in [4.78, 5) is 2.32. The molecular weight excluding hydrogens is 555 g/mol. The van der Waals surface area contributed by atoms with Crippen LogP contribution in [0.2, 0.25) is 0 Å². The molecule has 0 N–H and O–H groups in total. The van der Waals surface area contributed by atoms with Crippen LogP contribution in [-0.2, 0) is 0 Å². The molecule has 7 rings (SSSR count). The standard InChI is InChI=1S/C45H37N/c1-3-5-8-18-33(17-4-2)44-40-23-13-15-25-42(40)45(43-26-16-14-24-41(43)44)36-28-27-35-32-39(30-29-34(35)31-36)46(37-19-9-6-10-20-37)38-21-11-7-12-22-38/h3,5-32H,4H2,1-2H3/b5-3+,18-8-,33-17+. The lowest BCUT2D eigenvalue weighted by Crippen LogP contribution is -2.09. The summed E-state index contributed by atoms with van der Waals surface area (Å²) in [5.74, 6) is 0. The summed E-state index contributed by atoms with van der Waals surface area (Å²) in [6, 6.07) is 52.7. The first kappa shape index (κ1) is 29.1. The molecule has 0 spiro atoms. The van der Waals surface area contributed by atoms with E-state index in [4.69, 9.17) is 0 Å². The Morgan fingerprint density at radius 2 is 1.09 bits per heavy atom. The van der Waals surface area contributed by atoms with Crippen LogP contribution in [0.25, 0.3) is 49.0 Å². The van der Waals surface area contributed by atoms with Crippen LogP contribution in [0.3, 0.4) is 0 Å². The fourth-order valence-electron chi connectivity index (χ4n) is 6.62. The smallest absolute Gasteiger partial charge is 0.0468 e. The van der Waals surface area contributed by atoms with E-state index in [9.17, 15) is 0 Å². The number of fused-ring (bicyclic) bond motifs is 3. The Balaban J connectivity index is 1.40. The molecule has 0 aliphatic carbocycles. The number of allylic oxidation sites excluding steroid dienone is 6. The van der Waals surface area contributed by atoms with Crippen LogP contribution >= 0.6 is 0 Å². The summed E-state index contributed by atoms with van der Waals surface area (Å²) in [6.07, 6.45) is 11.9. The first-order valence-electron chi connectivity index (χ1n) is 16.1. The minimum atomic E-state index is 0.971. The zero-order valence-corrected chi connectivity index (χ0v) is 26.4. The minimum absolute atomic E-state index is 0.971. The van der Waals surface area contributed by atoms with Crippen LogP contribution in [0.4, 0.5) is 17.1 Å². The molecule has 0 bridgehead atoms. The van der Waals surface area contributed by atoms with E-state index < -0.39 is 0 Å². The average Bonchev–Trinajstić information content (AvgIpc) is 3.11. The van der Waals surface area contributed by atoms with Gasteiger partial charge in [0.25, 0.3) is 0 Å². The zero-order valence-electron chi connectivity index (χ0n) is 26.4. The highest BCUT2D eigenvalue weighted by atomic mass is 15.1. The SMILES string of the molecule is C/C=C/C=C\C(=C/CC)c1c2ccccc2c(-c2ccc3cc(N(c4ccccc4)c4ccccc4)ccc3c2)c2ccccc12. The number of hydrogen-bond donors (Lipinski definition) is 0. The lowest BCUT2D eigenvalue weighted by Gasteiger charge is -2.25. The van der Waals surface area contributed by atoms with Crippen molar-refractivity contribution >= 4 is 55.0 Å². The fourth-order valence-corrected chi connectivity index (χ4v) is 6.62. The van der Waals surface area contributed by atoms with E-state index in [-0.39, 0.29) is 0 Å². The lowest BCUT2D eigenvalue weighted by atomic mass is 9.85. The Hall–Kier alpha value is -5.66. The molecular formula is C45H37N. The van der Waals surface area contributed by atoms with Crippen molar-refractivity contribution in [3.8, 4) is 11.1 Å². The van der Waals surface area contributed by atoms with Crippen molar-refractivity contribution in [2.24, 2.45) is 0 Å². The maximum absolute atomic E-state index is 2.36. The zero-order chi connectivity index (χ0) is 31.3. The van der Waals surface area contributed by atoms with Gasteiger partial charge in [-0.25, -0.2) is 0 Å². The molecule has 46 heavy (non-hydrogen) atoms. The normalized spacial score (nSPS) is 12.2. The van der Waals surface area contributed by atoms with Gasteiger partial charge in [0.2, 0.25) is 0 Å². The largest absolute Gasteiger partial charge is 0.310 e. The molecule has 7 aromatic rings. The molecule has 0 atom stereocenters. The van der Waals surface area contributed by atoms with Gasteiger partial charge in [-0.1, -0.05) is 140 Å². The van der Waals surface area contributed by atoms with Gasteiger partial charge in [0.1, 0.15) is 0 Å². The van der Waals surface area contributed by atoms with Crippen molar-refractivity contribution in [2.75, 3.05) is 4.90 Å². The fraction of sp³-hybridized carbons (Fsp3) is 0.0667. The van der Waals surface area contributed by atoms with Crippen LogP contribution in [0, 0.1) is 0 Å². The molecule has 0 heterocycles. The molecule has 0 unspecified atom stereocenters. The number of rotatable bonds is 8. The summed E-state index contributed by atoms with van der Waals surface area (Å²) >= 11 is 0. The van der Waals surface area contributed by atoms with Gasteiger partial charge in [0.15, 0.2) is 0 Å². The van der Waals surface area contributed by atoms with E-state index in [0.29, 0.717) is 0 Å². The van der Waals surface area contributed by atoms with Crippen molar-refractivity contribution < 1.29 is 0 Å². The summed E-state index contributed by atoms with van der Waals surface area (Å²) in [5.41, 5.74) is 8.48. The molecule has 0 saturated heterocycles. The molecule has 0 fully saturated rings. The predicted molar refractivity (Wildman–Crippen MR) is 201 cm³/mol. The first-order valence-corrected chi connectivity index (χ1v) is 16.1. The molecule has 222 valence electrons. The van der Waals surface area contributed by atoms with Gasteiger partial charge in [0.05, 0.1) is 0 Å². The number of nitrogens with zero attached hydrogens (tertiary/aromatic N) is 1. The Morgan fingerprint density at radius 3 is 1.67 bits per heavy atom. The Kier molecular flexibility index (Phi) is 8.30. The van der Waals surface area contributed by atoms with Crippen LogP contribution in [-0.4, -0.2) is 0 Å². The van der Waals surface area contributed by atoms with Gasteiger partial charge >= 0.3 is 0 Å². The summed E-state index contributed by atoms with van der Waals surface area (Å²) < 4.78 is 0. The predicted octanol–water partition coefficient (Wildman–Crippen LogP) is 13.2. The highest BCUT2D eigenvalue weighted by Gasteiger charge is 2.18. The molecule has 0 radical (unpaired) electrons. The Morgan fingerprint density at radius 1 is 0.543 bits per heavy atom. The van der Waals surface area contributed by atoms with Gasteiger partial charge in [-0.3, -0.25) is 0 Å². The second kappa shape index (κ2) is 13.1. The number of para-hydroxylation sites is 2. The molecule has 0 aromatic heterocycles. The van der Waals surface area contributed by atoms with Crippen molar-refractivity contribution in [1.29, 1.82) is 0 Å². The molecule has 7 aromatic carbocycles. The Labute approximate surface area is 272 Å². The molecule has 0 aliphatic rings. The second-order valence-corrected chi connectivity index (χ2v) is 11.5. The minimum Gasteiger partial charge on any atom is -0.310 e. The number of anilines is 3. The van der Waals surface area contributed by atoms with Gasteiger partial charge in [-0.15, -0.1) is 0 Å². The van der Waals surface area contributed by atoms with Crippen molar-refractivity contribution in [1.82, 2.24) is 0 Å². The quantitative estimate of drug-likeness (QED) is 0.125. The van der Waals surface area contributed by atoms with Crippen molar-refractivity contribution in [2.45, 2.75) is 20.3 Å². The maximum atomic E-state index is 2.36. The van der Waals surface area contributed by atoms with E-state index in [0.717, 1.165) is 23.5 Å². The van der Waals surface area contributed by atoms with Gasteiger partial charge < -0.3 is 4.90 Å². The van der Waals surface area contributed by atoms with Crippen LogP contribution in [0.1, 0.15) is 25.8 Å². The third-order valence-corrected chi connectivity index (χ3v) is 8.62. The van der Waals surface area contributed by atoms with Crippen LogP contribution in [0.15, 0.2) is 176 Å².